The number of nitrogens with two attached hydrogens (primary N) is 3. The highest BCUT2D eigenvalue weighted by Gasteiger charge is 2.66. The molecule has 30 nitrogen and oxygen atoms in total. The van der Waals surface area contributed by atoms with Gasteiger partial charge in [0.1, 0.15) is 25.0 Å². The number of hydrogen-bond donors (Lipinski definition) is 7. The number of carboxylic acids is 1. The monoisotopic (exact) mass is 1510 g/mol. The predicted molar refractivity (Wildman–Crippen MR) is 397 cm³/mol. The number of amides is 10. The molecule has 12 rings (SSSR count). The first-order chi connectivity index (χ1) is 50.8. The number of aromatic carboxylic acids is 1. The van der Waals surface area contributed by atoms with E-state index in [2.05, 4.69) is 29.5 Å². The van der Waals surface area contributed by atoms with Crippen molar-refractivity contribution in [1.29, 1.82) is 0 Å². The van der Waals surface area contributed by atoms with E-state index in [0.717, 1.165) is 81.1 Å². The molecule has 107 heavy (non-hydrogen) atoms. The molecule has 4 bridgehead atoms. The number of ether oxygens (including phenoxy) is 2. The van der Waals surface area contributed by atoms with Crippen LogP contribution in [0, 0.1) is 29.1 Å². The van der Waals surface area contributed by atoms with Crippen molar-refractivity contribution in [3.63, 3.8) is 0 Å². The second kappa shape index (κ2) is 32.3. The summed E-state index contributed by atoms with van der Waals surface area (Å²) in [6.45, 7) is 9.85. The van der Waals surface area contributed by atoms with Crippen molar-refractivity contribution in [2.24, 2.45) is 39.4 Å². The van der Waals surface area contributed by atoms with Crippen LogP contribution in [0.2, 0.25) is 0 Å². The van der Waals surface area contributed by atoms with Crippen molar-refractivity contribution in [3.05, 3.63) is 131 Å². The average Bonchev–Trinajstić information content (AvgIpc) is 0.706. The summed E-state index contributed by atoms with van der Waals surface area (Å²) < 4.78 is 50.0. The van der Waals surface area contributed by atoms with Gasteiger partial charge in [0.15, 0.2) is 10.8 Å². The van der Waals surface area contributed by atoms with Crippen LogP contribution >= 0.6 is 11.3 Å². The van der Waals surface area contributed by atoms with Crippen molar-refractivity contribution in [2.45, 2.75) is 155 Å². The Morgan fingerprint density at radius 2 is 1.55 bits per heavy atom. The van der Waals surface area contributed by atoms with Gasteiger partial charge in [0.2, 0.25) is 17.7 Å². The number of carbonyl (C=O) groups is 10. The maximum Gasteiger partial charge on any atom is 0.410 e. The van der Waals surface area contributed by atoms with E-state index in [1.165, 1.54) is 35.6 Å². The summed E-state index contributed by atoms with van der Waals surface area (Å²) in [5, 5.41) is 21.8. The molecule has 10 amide bonds. The average molecular weight is 1510 g/mol. The lowest BCUT2D eigenvalue weighted by Crippen LogP contribution is -2.64. The summed E-state index contributed by atoms with van der Waals surface area (Å²) in [5.74, 6) is -6.97. The van der Waals surface area contributed by atoms with Crippen molar-refractivity contribution in [1.82, 2.24) is 39.8 Å². The van der Waals surface area contributed by atoms with Crippen LogP contribution in [0.25, 0.3) is 21.3 Å². The van der Waals surface area contributed by atoms with Gasteiger partial charge in [-0.1, -0.05) is 81.9 Å². The molecule has 6 aliphatic rings. The number of anilines is 3. The Morgan fingerprint density at radius 3 is 2.22 bits per heavy atom. The minimum atomic E-state index is -4.58. The minimum absolute atomic E-state index is 0.0274. The van der Waals surface area contributed by atoms with E-state index >= 15 is 0 Å². The molecule has 4 fully saturated rings. The first-order valence-electron chi connectivity index (χ1n) is 35.9. The number of benzene rings is 3. The molecule has 4 atom stereocenters. The largest absolute Gasteiger partial charge is 0.476 e. The van der Waals surface area contributed by atoms with E-state index in [9.17, 15) is 66.0 Å². The number of imide groups is 3. The van der Waals surface area contributed by atoms with Crippen molar-refractivity contribution < 1.29 is 75.5 Å². The quantitative estimate of drug-likeness (QED) is 0.0122. The fraction of sp³-hybridized carbons (Fsp3) is 0.480. The Bertz CT molecular complexity index is 4530. The van der Waals surface area contributed by atoms with Crippen LogP contribution in [0.4, 0.5) is 26.2 Å². The summed E-state index contributed by atoms with van der Waals surface area (Å²) in [6, 6.07) is 18.5. The molecule has 0 radical (unpaired) electrons. The Morgan fingerprint density at radius 1 is 0.832 bits per heavy atom. The first-order valence-corrected chi connectivity index (χ1v) is 38.4. The third-order valence-electron chi connectivity index (χ3n) is 21.0. The van der Waals surface area contributed by atoms with Crippen molar-refractivity contribution in [2.75, 3.05) is 66.7 Å². The highest BCUT2D eigenvalue weighted by molar-refractivity contribution is 7.85. The lowest BCUT2D eigenvalue weighted by Gasteiger charge is -2.69. The van der Waals surface area contributed by atoms with Crippen LogP contribution in [-0.2, 0) is 74.5 Å². The fourth-order valence-corrected chi connectivity index (χ4v) is 18.3. The van der Waals surface area contributed by atoms with Gasteiger partial charge < -0.3 is 46.9 Å². The maximum absolute atomic E-state index is 14.9. The zero-order valence-electron chi connectivity index (χ0n) is 60.6. The Labute approximate surface area is 623 Å². The van der Waals surface area contributed by atoms with Crippen LogP contribution in [0.1, 0.15) is 148 Å². The molecule has 0 spiro atoms. The predicted octanol–water partition coefficient (Wildman–Crippen LogP) is 7.50. The summed E-state index contributed by atoms with van der Waals surface area (Å²) in [7, 11) is -4.58. The zero-order chi connectivity index (χ0) is 76.9. The molecule has 570 valence electrons. The smallest absolute Gasteiger partial charge is 0.410 e. The number of pyridine rings is 1. The highest BCUT2D eigenvalue weighted by atomic mass is 32.2. The zero-order valence-corrected chi connectivity index (χ0v) is 62.3. The van der Waals surface area contributed by atoms with Gasteiger partial charge in [0, 0.05) is 80.2 Å². The second-order valence-corrected chi connectivity index (χ2v) is 32.6. The molecule has 32 heteroatoms. The molecule has 10 N–H and O–H groups in total. The number of carboxylic acid groups (broad SMARTS) is 1. The molecular formula is C75H92N14O16S2. The number of hydrogen-bond acceptors (Lipinski definition) is 21. The van der Waals surface area contributed by atoms with Crippen molar-refractivity contribution in [3.8, 4) is 11.1 Å². The van der Waals surface area contributed by atoms with E-state index in [1.807, 2.05) is 59.0 Å². The van der Waals surface area contributed by atoms with Gasteiger partial charge in [0.05, 0.1) is 46.1 Å². The maximum atomic E-state index is 14.9. The summed E-state index contributed by atoms with van der Waals surface area (Å²) in [5.41, 5.74) is 21.8. The topological polar surface area (TPSA) is 426 Å². The van der Waals surface area contributed by atoms with Crippen LogP contribution in [0.15, 0.2) is 97.2 Å². The summed E-state index contributed by atoms with van der Waals surface area (Å²) in [4.78, 5) is 149. The molecule has 2 unspecified atom stereocenters. The second-order valence-electron chi connectivity index (χ2n) is 30.0. The van der Waals surface area contributed by atoms with Gasteiger partial charge in [0.25, 0.3) is 33.7 Å². The van der Waals surface area contributed by atoms with E-state index in [1.54, 1.807) is 32.2 Å². The first kappa shape index (κ1) is 78.2. The number of urea groups is 1. The molecule has 5 heterocycles. The van der Waals surface area contributed by atoms with Crippen LogP contribution in [0.5, 0.6) is 0 Å². The SMILES string of the molecule is Cc1c(-c2ccc(N3CCc4cccc(C(=O)Nc5nc6ccccc6s5)c4C3)nc2C(=O)O)cnn1CC12CC3(C)CC(C)(C1)CC(OCCN(CCS(=O)(=O)O)C(=O)OCc1ccc(N(C(=O)[C@@H](N)C(C)C)C(=O)N(C(=O)CCCCCNC(=O)CN4C(=O)C=CC4=O)[C@@H](CCCN)C(N)=O)cc1)(C3)C2. The Kier molecular flexibility index (Phi) is 23.6. The standard InChI is InChI=1S/C75H92N14O16S2/c1-46(2)63(77)67(96)88(70(99)89(56(65(78)94)16-12-28-76)62(93)18-7-6-10-29-79-59(90)37-86-60(91)25-26-61(86)92)50-21-19-48(20-22-50)38-104-71(100)84(32-34-107(101,102)103)31-33-105-75-42-72(4)39-73(5,43-75)41-74(40-72,44-75)45-87-47(3)53(35-80-87)51-23-24-58(82-64(51)68(97)98)85-30-27-49-13-11-14-52(54(49)36-85)66(95)83-69-81-55-15-8-9-17-57(55)106-69/h8-9,11,13-15,17,19-26,35,46,56,63H,6-7,10,12,16,18,27-34,36-45,76-77H2,1-5H3,(H2,78,94)(H,79,90)(H,97,98)(H,81,83,95)(H,101,102,103)/t56-,63-,72?,73?,74?,75?/m0/s1. The molecule has 6 aromatic rings. The minimum Gasteiger partial charge on any atom is -0.476 e. The molecule has 2 aliphatic heterocycles. The number of aromatic nitrogens is 4. The lowest BCUT2D eigenvalue weighted by molar-refractivity contribution is -0.248. The van der Waals surface area contributed by atoms with Gasteiger partial charge in [-0.05, 0) is 165 Å². The van der Waals surface area contributed by atoms with Gasteiger partial charge in [-0.15, -0.1) is 0 Å². The number of unbranched alkanes of at least 4 members (excludes halogenated alkanes) is 2. The molecular weight excluding hydrogens is 1420 g/mol. The van der Waals surface area contributed by atoms with Gasteiger partial charge in [-0.2, -0.15) is 13.5 Å². The lowest BCUT2D eigenvalue weighted by atomic mass is 9.39. The number of primary amides is 1. The van der Waals surface area contributed by atoms with Crippen LogP contribution in [-0.4, -0.2) is 181 Å². The summed E-state index contributed by atoms with van der Waals surface area (Å²) in [6.07, 6.45) is 8.84. The molecule has 3 aromatic carbocycles. The number of para-hydroxylation sites is 1. The number of rotatable bonds is 32. The Hall–Kier alpha value is -9.86. The molecule has 4 aliphatic carbocycles. The molecule has 0 saturated heterocycles. The number of nitrogens with zero attached hydrogens (tertiary/aromatic N) is 9. The van der Waals surface area contributed by atoms with E-state index in [0.29, 0.717) is 88.3 Å². The molecule has 4 saturated carbocycles. The number of fused-ring (bicyclic) bond motifs is 2. The third-order valence-corrected chi connectivity index (χ3v) is 22.6. The van der Waals surface area contributed by atoms with E-state index in [-0.39, 0.29) is 85.5 Å². The van der Waals surface area contributed by atoms with Gasteiger partial charge >= 0.3 is 18.1 Å². The number of carbonyl (C=O) groups excluding carboxylic acids is 9. The normalized spacial score (nSPS) is 20.6. The van der Waals surface area contributed by atoms with Gasteiger partial charge in [-0.3, -0.25) is 57.9 Å². The third kappa shape index (κ3) is 18.1. The number of nitrogens with one attached hydrogen (secondary N) is 2. The van der Waals surface area contributed by atoms with Crippen LogP contribution in [0.3, 0.4) is 0 Å². The highest BCUT2D eigenvalue weighted by Crippen LogP contribution is 2.72. The van der Waals surface area contributed by atoms with Gasteiger partial charge in [-0.25, -0.2) is 29.3 Å². The molecule has 3 aromatic heterocycles. The Balaban J connectivity index is 0.739. The fourth-order valence-electron chi connectivity index (χ4n) is 17.0. The van der Waals surface area contributed by atoms with Crippen LogP contribution < -0.4 is 37.6 Å². The van der Waals surface area contributed by atoms with Crippen molar-refractivity contribution >= 4 is 108 Å². The van der Waals surface area contributed by atoms with E-state index in [4.69, 9.17) is 36.8 Å². The number of thiazole rings is 1. The van der Waals surface area contributed by atoms with E-state index < -0.39 is 113 Å². The summed E-state index contributed by atoms with van der Waals surface area (Å²) >= 11 is 1.39.